The van der Waals surface area contributed by atoms with Crippen LogP contribution in [0.15, 0.2) is 48.5 Å². The average molecular weight is 356 g/mol. The Morgan fingerprint density at radius 1 is 1.08 bits per heavy atom. The molecular formula is C21H25FN2O2. The van der Waals surface area contributed by atoms with Gasteiger partial charge in [-0.05, 0) is 61.9 Å². The van der Waals surface area contributed by atoms with Crippen molar-refractivity contribution in [2.24, 2.45) is 0 Å². The van der Waals surface area contributed by atoms with Crippen LogP contribution in [-0.2, 0) is 6.54 Å². The summed E-state index contributed by atoms with van der Waals surface area (Å²) in [6.07, 6.45) is 2.21. The summed E-state index contributed by atoms with van der Waals surface area (Å²) in [6, 6.07) is 13.9. The molecule has 1 aliphatic rings. The monoisotopic (exact) mass is 356 g/mol. The Morgan fingerprint density at radius 3 is 2.38 bits per heavy atom. The second-order valence-electron chi connectivity index (χ2n) is 6.74. The van der Waals surface area contributed by atoms with Crippen molar-refractivity contribution in [2.45, 2.75) is 19.4 Å². The molecular weight excluding hydrogens is 331 g/mol. The van der Waals surface area contributed by atoms with E-state index in [0.29, 0.717) is 12.4 Å². The highest BCUT2D eigenvalue weighted by atomic mass is 19.1. The van der Waals surface area contributed by atoms with Gasteiger partial charge in [-0.1, -0.05) is 12.1 Å². The van der Waals surface area contributed by atoms with Gasteiger partial charge in [-0.25, -0.2) is 4.39 Å². The average Bonchev–Trinajstić information content (AvgIpc) is 3.18. The zero-order valence-corrected chi connectivity index (χ0v) is 15.2. The minimum atomic E-state index is -0.263. The van der Waals surface area contributed by atoms with Gasteiger partial charge in [0.25, 0.3) is 5.91 Å². The molecule has 1 aliphatic heterocycles. The van der Waals surface area contributed by atoms with Crippen molar-refractivity contribution in [3.8, 4) is 5.75 Å². The van der Waals surface area contributed by atoms with Crippen LogP contribution in [0.2, 0.25) is 0 Å². The highest BCUT2D eigenvalue weighted by molar-refractivity contribution is 5.94. The smallest absolute Gasteiger partial charge is 0.253 e. The fourth-order valence-electron chi connectivity index (χ4n) is 3.10. The summed E-state index contributed by atoms with van der Waals surface area (Å²) in [5, 5.41) is 0. The molecule has 4 nitrogen and oxygen atoms in total. The molecule has 0 atom stereocenters. The second kappa shape index (κ2) is 8.81. The molecule has 1 heterocycles. The molecule has 0 N–H and O–H groups in total. The van der Waals surface area contributed by atoms with Gasteiger partial charge in [0.1, 0.15) is 18.2 Å². The lowest BCUT2D eigenvalue weighted by molar-refractivity contribution is 0.0793. The van der Waals surface area contributed by atoms with E-state index in [1.54, 1.807) is 12.1 Å². The standard InChI is InChI=1S/C21H25FN2O2/c1-23(14-15-26-20-10-8-19(22)9-11-20)16-17-4-6-18(7-5-17)21(25)24-12-2-3-13-24/h4-11H,2-3,12-16H2,1H3. The number of carbonyl (C=O) groups is 1. The lowest BCUT2D eigenvalue weighted by Gasteiger charge is -2.18. The van der Waals surface area contributed by atoms with Gasteiger partial charge < -0.3 is 9.64 Å². The maximum Gasteiger partial charge on any atom is 0.253 e. The molecule has 0 aliphatic carbocycles. The van der Waals surface area contributed by atoms with Gasteiger partial charge in [0.2, 0.25) is 0 Å². The van der Waals surface area contributed by atoms with Crippen molar-refractivity contribution < 1.29 is 13.9 Å². The van der Waals surface area contributed by atoms with Crippen LogP contribution in [0.4, 0.5) is 4.39 Å². The minimum absolute atomic E-state index is 0.134. The molecule has 1 amide bonds. The molecule has 0 unspecified atom stereocenters. The predicted molar refractivity (Wildman–Crippen MR) is 99.8 cm³/mol. The number of benzene rings is 2. The van der Waals surface area contributed by atoms with Gasteiger partial charge >= 0.3 is 0 Å². The maximum atomic E-state index is 12.9. The van der Waals surface area contributed by atoms with E-state index >= 15 is 0 Å². The number of amides is 1. The molecule has 138 valence electrons. The van der Waals surface area contributed by atoms with E-state index in [1.165, 1.54) is 12.1 Å². The van der Waals surface area contributed by atoms with Crippen LogP contribution in [0.3, 0.4) is 0 Å². The first-order valence-corrected chi connectivity index (χ1v) is 9.07. The molecule has 2 aromatic carbocycles. The molecule has 0 radical (unpaired) electrons. The van der Waals surface area contributed by atoms with Crippen molar-refractivity contribution >= 4 is 5.91 Å². The Balaban J connectivity index is 1.44. The topological polar surface area (TPSA) is 32.8 Å². The quantitative estimate of drug-likeness (QED) is 0.760. The molecule has 26 heavy (non-hydrogen) atoms. The van der Waals surface area contributed by atoms with Crippen LogP contribution in [0, 0.1) is 5.82 Å². The van der Waals surface area contributed by atoms with E-state index in [0.717, 1.165) is 50.1 Å². The summed E-state index contributed by atoms with van der Waals surface area (Å²) >= 11 is 0. The second-order valence-corrected chi connectivity index (χ2v) is 6.74. The van der Waals surface area contributed by atoms with Crippen molar-refractivity contribution in [3.05, 3.63) is 65.5 Å². The lowest BCUT2D eigenvalue weighted by Crippen LogP contribution is -2.27. The van der Waals surface area contributed by atoms with Gasteiger partial charge in [0.05, 0.1) is 0 Å². The zero-order chi connectivity index (χ0) is 18.4. The van der Waals surface area contributed by atoms with E-state index < -0.39 is 0 Å². The Morgan fingerprint density at radius 2 is 1.73 bits per heavy atom. The third kappa shape index (κ3) is 5.05. The van der Waals surface area contributed by atoms with Crippen LogP contribution in [-0.4, -0.2) is 49.0 Å². The van der Waals surface area contributed by atoms with Gasteiger partial charge in [0, 0.05) is 31.7 Å². The summed E-state index contributed by atoms with van der Waals surface area (Å²) in [5.74, 6) is 0.542. The lowest BCUT2D eigenvalue weighted by atomic mass is 10.1. The van der Waals surface area contributed by atoms with Crippen LogP contribution >= 0.6 is 0 Å². The third-order valence-electron chi connectivity index (χ3n) is 4.60. The van der Waals surface area contributed by atoms with E-state index in [4.69, 9.17) is 4.74 Å². The molecule has 5 heteroatoms. The van der Waals surface area contributed by atoms with Crippen molar-refractivity contribution in [3.63, 3.8) is 0 Å². The normalized spacial score (nSPS) is 14.0. The SMILES string of the molecule is CN(CCOc1ccc(F)cc1)Cc1ccc(C(=O)N2CCCC2)cc1. The van der Waals surface area contributed by atoms with Crippen LogP contribution < -0.4 is 4.74 Å². The number of hydrogen-bond donors (Lipinski definition) is 0. The number of ether oxygens (including phenoxy) is 1. The fraction of sp³-hybridized carbons (Fsp3) is 0.381. The van der Waals surface area contributed by atoms with Crippen molar-refractivity contribution in [1.82, 2.24) is 9.80 Å². The van der Waals surface area contributed by atoms with E-state index in [2.05, 4.69) is 4.90 Å². The zero-order valence-electron chi connectivity index (χ0n) is 15.2. The number of likely N-dealkylation sites (tertiary alicyclic amines) is 1. The Bertz CT molecular complexity index is 710. The van der Waals surface area contributed by atoms with Crippen LogP contribution in [0.25, 0.3) is 0 Å². The van der Waals surface area contributed by atoms with E-state index in [-0.39, 0.29) is 11.7 Å². The first-order valence-electron chi connectivity index (χ1n) is 9.07. The largest absolute Gasteiger partial charge is 0.492 e. The van der Waals surface area contributed by atoms with Crippen molar-refractivity contribution in [1.29, 1.82) is 0 Å². The van der Waals surface area contributed by atoms with Gasteiger partial charge in [0.15, 0.2) is 0 Å². The first kappa shape index (κ1) is 18.4. The summed E-state index contributed by atoms with van der Waals surface area (Å²) in [4.78, 5) is 16.4. The Hall–Kier alpha value is -2.40. The summed E-state index contributed by atoms with van der Waals surface area (Å²) in [7, 11) is 2.03. The number of halogens is 1. The summed E-state index contributed by atoms with van der Waals surface area (Å²) in [6.45, 7) is 3.82. The number of likely N-dealkylation sites (N-methyl/N-ethyl adjacent to an activating group) is 1. The molecule has 0 aromatic heterocycles. The Kier molecular flexibility index (Phi) is 6.23. The number of hydrogen-bond acceptors (Lipinski definition) is 3. The van der Waals surface area contributed by atoms with Gasteiger partial charge in [-0.15, -0.1) is 0 Å². The number of carbonyl (C=O) groups excluding carboxylic acids is 1. The molecule has 0 spiro atoms. The number of nitrogens with zero attached hydrogens (tertiary/aromatic N) is 2. The summed E-state index contributed by atoms with van der Waals surface area (Å²) < 4.78 is 18.5. The summed E-state index contributed by atoms with van der Waals surface area (Å²) in [5.41, 5.74) is 1.92. The van der Waals surface area contributed by atoms with E-state index in [1.807, 2.05) is 36.2 Å². The minimum Gasteiger partial charge on any atom is -0.492 e. The predicted octanol–water partition coefficient (Wildman–Crippen LogP) is 3.57. The third-order valence-corrected chi connectivity index (χ3v) is 4.60. The van der Waals surface area contributed by atoms with E-state index in [9.17, 15) is 9.18 Å². The fourth-order valence-corrected chi connectivity index (χ4v) is 3.10. The molecule has 0 saturated carbocycles. The highest BCUT2D eigenvalue weighted by Gasteiger charge is 2.19. The molecule has 1 saturated heterocycles. The van der Waals surface area contributed by atoms with Gasteiger partial charge in [-0.2, -0.15) is 0 Å². The van der Waals surface area contributed by atoms with Crippen molar-refractivity contribution in [2.75, 3.05) is 33.3 Å². The maximum absolute atomic E-state index is 12.9. The Labute approximate surface area is 154 Å². The molecule has 0 bridgehead atoms. The molecule has 3 rings (SSSR count). The molecule has 2 aromatic rings. The number of rotatable bonds is 7. The molecule has 1 fully saturated rings. The highest BCUT2D eigenvalue weighted by Crippen LogP contribution is 2.14. The first-order chi connectivity index (χ1) is 12.6. The van der Waals surface area contributed by atoms with Crippen LogP contribution in [0.1, 0.15) is 28.8 Å². The van der Waals surface area contributed by atoms with Gasteiger partial charge in [-0.3, -0.25) is 9.69 Å². The van der Waals surface area contributed by atoms with Crippen LogP contribution in [0.5, 0.6) is 5.75 Å².